The third kappa shape index (κ3) is 3.81. The molecule has 0 aliphatic carbocycles. The van der Waals surface area contributed by atoms with Crippen LogP contribution < -0.4 is 5.32 Å². The monoisotopic (exact) mass is 312 g/mol. The van der Waals surface area contributed by atoms with Crippen LogP contribution in [0.1, 0.15) is 23.3 Å². The average molecular weight is 313 g/mol. The van der Waals surface area contributed by atoms with E-state index in [2.05, 4.69) is 32.5 Å². The molecule has 1 saturated heterocycles. The van der Waals surface area contributed by atoms with E-state index in [-0.39, 0.29) is 18.4 Å². The van der Waals surface area contributed by atoms with Crippen LogP contribution in [-0.4, -0.2) is 51.5 Å². The number of hydrogen-bond acceptors (Lipinski definition) is 6. The van der Waals surface area contributed by atoms with E-state index in [1.54, 1.807) is 0 Å². The van der Waals surface area contributed by atoms with Gasteiger partial charge >= 0.3 is 0 Å². The van der Waals surface area contributed by atoms with Crippen molar-refractivity contribution in [2.45, 2.75) is 25.9 Å². The van der Waals surface area contributed by atoms with Crippen LogP contribution in [0.4, 0.5) is 0 Å². The Morgan fingerprint density at radius 2 is 2.33 bits per heavy atom. The molecule has 1 fully saturated rings. The fourth-order valence-corrected chi connectivity index (χ4v) is 2.40. The maximum atomic E-state index is 5.34. The number of piperazine rings is 1. The van der Waals surface area contributed by atoms with Crippen molar-refractivity contribution in [3.05, 3.63) is 29.7 Å². The molecule has 1 aliphatic rings. The van der Waals surface area contributed by atoms with E-state index in [1.807, 2.05) is 24.0 Å². The van der Waals surface area contributed by atoms with Gasteiger partial charge in [-0.3, -0.25) is 9.58 Å². The highest BCUT2D eigenvalue weighted by Crippen LogP contribution is 2.17. The van der Waals surface area contributed by atoms with Gasteiger partial charge in [-0.25, -0.2) is 0 Å². The van der Waals surface area contributed by atoms with Crippen molar-refractivity contribution in [2.75, 3.05) is 26.7 Å². The first-order valence-corrected chi connectivity index (χ1v) is 6.95. The highest BCUT2D eigenvalue weighted by Gasteiger charge is 2.25. The first-order chi connectivity index (χ1) is 9.72. The number of hydrogen-bond donors (Lipinski definition) is 1. The van der Waals surface area contributed by atoms with Gasteiger partial charge < -0.3 is 9.84 Å². The molecule has 0 spiro atoms. The second-order valence-electron chi connectivity index (χ2n) is 5.28. The molecule has 7 nitrogen and oxygen atoms in total. The van der Waals surface area contributed by atoms with E-state index in [9.17, 15) is 0 Å². The van der Waals surface area contributed by atoms with E-state index < -0.39 is 0 Å². The number of aryl methyl sites for hydroxylation is 3. The minimum absolute atomic E-state index is 0. The van der Waals surface area contributed by atoms with E-state index in [4.69, 9.17) is 4.52 Å². The van der Waals surface area contributed by atoms with E-state index >= 15 is 0 Å². The average Bonchev–Trinajstić information content (AvgIpc) is 3.06. The zero-order chi connectivity index (χ0) is 13.9. The summed E-state index contributed by atoms with van der Waals surface area (Å²) in [6, 6.07) is 0.202. The Balaban J connectivity index is 0.00000161. The first-order valence-electron chi connectivity index (χ1n) is 6.95. The molecule has 3 rings (SSSR count). The summed E-state index contributed by atoms with van der Waals surface area (Å²) in [7, 11) is 2.09. The first kappa shape index (κ1) is 15.9. The van der Waals surface area contributed by atoms with Crippen molar-refractivity contribution in [1.29, 1.82) is 0 Å². The van der Waals surface area contributed by atoms with Gasteiger partial charge in [0.15, 0.2) is 5.82 Å². The SMILES string of the molecule is Cc1cnn(CCc2nc(C3CNCCN3C)no2)c1.Cl. The number of halogens is 1. The van der Waals surface area contributed by atoms with Crippen LogP contribution in [0.25, 0.3) is 0 Å². The smallest absolute Gasteiger partial charge is 0.228 e. The van der Waals surface area contributed by atoms with Gasteiger partial charge in [0, 0.05) is 38.8 Å². The molecule has 0 amide bonds. The number of nitrogens with one attached hydrogen (secondary N) is 1. The molecule has 1 atom stereocenters. The fraction of sp³-hybridized carbons (Fsp3) is 0.615. The quantitative estimate of drug-likeness (QED) is 0.901. The Labute approximate surface area is 130 Å². The summed E-state index contributed by atoms with van der Waals surface area (Å²) in [5.41, 5.74) is 1.16. The third-order valence-corrected chi connectivity index (χ3v) is 3.61. The van der Waals surface area contributed by atoms with Gasteiger partial charge in [-0.15, -0.1) is 12.4 Å². The highest BCUT2D eigenvalue weighted by atomic mass is 35.5. The van der Waals surface area contributed by atoms with Crippen molar-refractivity contribution in [1.82, 2.24) is 30.1 Å². The molecule has 2 aromatic heterocycles. The number of likely N-dealkylation sites (N-methyl/N-ethyl adjacent to an activating group) is 1. The summed E-state index contributed by atoms with van der Waals surface area (Å²) in [6.07, 6.45) is 4.57. The summed E-state index contributed by atoms with van der Waals surface area (Å²) in [6.45, 7) is 5.67. The van der Waals surface area contributed by atoms with Crippen LogP contribution in [0, 0.1) is 6.92 Å². The molecule has 116 valence electrons. The lowest BCUT2D eigenvalue weighted by atomic mass is 10.2. The summed E-state index contributed by atoms with van der Waals surface area (Å²) in [4.78, 5) is 6.76. The van der Waals surface area contributed by atoms with E-state index in [1.165, 1.54) is 0 Å². The van der Waals surface area contributed by atoms with Crippen molar-refractivity contribution >= 4 is 12.4 Å². The molecule has 1 N–H and O–H groups in total. The normalized spacial score (nSPS) is 19.4. The standard InChI is InChI=1S/C13H20N6O.ClH/c1-10-7-15-19(9-10)5-3-12-16-13(17-20-12)11-8-14-4-6-18(11)2;/h7,9,11,14H,3-6,8H2,1-2H3;1H. The van der Waals surface area contributed by atoms with Crippen LogP contribution in [0.5, 0.6) is 0 Å². The van der Waals surface area contributed by atoms with Gasteiger partial charge in [-0.05, 0) is 19.5 Å². The lowest BCUT2D eigenvalue weighted by Gasteiger charge is -2.30. The minimum atomic E-state index is 0. The van der Waals surface area contributed by atoms with Crippen molar-refractivity contribution < 1.29 is 4.52 Å². The molecule has 1 aliphatic heterocycles. The summed E-state index contributed by atoms with van der Waals surface area (Å²) in [5.74, 6) is 1.44. The van der Waals surface area contributed by atoms with Gasteiger partial charge in [0.05, 0.1) is 12.2 Å². The van der Waals surface area contributed by atoms with Crippen LogP contribution in [0.2, 0.25) is 0 Å². The van der Waals surface area contributed by atoms with Crippen LogP contribution in [0.15, 0.2) is 16.9 Å². The zero-order valence-corrected chi connectivity index (χ0v) is 13.1. The third-order valence-electron chi connectivity index (χ3n) is 3.61. The van der Waals surface area contributed by atoms with Crippen LogP contribution in [0.3, 0.4) is 0 Å². The molecule has 8 heteroatoms. The van der Waals surface area contributed by atoms with Crippen molar-refractivity contribution in [3.63, 3.8) is 0 Å². The number of rotatable bonds is 4. The molecule has 0 saturated carbocycles. The summed E-state index contributed by atoms with van der Waals surface area (Å²) in [5, 5.41) is 11.7. The summed E-state index contributed by atoms with van der Waals surface area (Å²) >= 11 is 0. The molecule has 0 radical (unpaired) electrons. The lowest BCUT2D eigenvalue weighted by molar-refractivity contribution is 0.190. The fourth-order valence-electron chi connectivity index (χ4n) is 2.40. The molecule has 1 unspecified atom stereocenters. The van der Waals surface area contributed by atoms with Crippen LogP contribution in [-0.2, 0) is 13.0 Å². The number of nitrogens with zero attached hydrogens (tertiary/aromatic N) is 5. The molecular weight excluding hydrogens is 292 g/mol. The number of aromatic nitrogens is 4. The van der Waals surface area contributed by atoms with Crippen LogP contribution >= 0.6 is 12.4 Å². The van der Waals surface area contributed by atoms with Crippen molar-refractivity contribution in [2.24, 2.45) is 0 Å². The van der Waals surface area contributed by atoms with E-state index in [0.29, 0.717) is 12.3 Å². The Hall–Kier alpha value is -1.44. The Morgan fingerprint density at radius 1 is 1.48 bits per heavy atom. The minimum Gasteiger partial charge on any atom is -0.339 e. The maximum absolute atomic E-state index is 5.34. The highest BCUT2D eigenvalue weighted by molar-refractivity contribution is 5.85. The zero-order valence-electron chi connectivity index (χ0n) is 12.3. The Kier molecular flexibility index (Phi) is 5.33. The largest absolute Gasteiger partial charge is 0.339 e. The van der Waals surface area contributed by atoms with Gasteiger partial charge in [0.1, 0.15) is 0 Å². The Bertz CT molecular complexity index is 569. The predicted molar refractivity (Wildman–Crippen MR) is 80.5 cm³/mol. The Morgan fingerprint density at radius 3 is 3.05 bits per heavy atom. The predicted octanol–water partition coefficient (Wildman–Crippen LogP) is 0.815. The van der Waals surface area contributed by atoms with Gasteiger partial charge in [-0.2, -0.15) is 10.1 Å². The van der Waals surface area contributed by atoms with E-state index in [0.717, 1.165) is 37.6 Å². The van der Waals surface area contributed by atoms with Crippen molar-refractivity contribution in [3.8, 4) is 0 Å². The lowest BCUT2D eigenvalue weighted by Crippen LogP contribution is -2.44. The molecule has 0 bridgehead atoms. The van der Waals surface area contributed by atoms with Gasteiger partial charge in [-0.1, -0.05) is 5.16 Å². The van der Waals surface area contributed by atoms with Gasteiger partial charge in [0.25, 0.3) is 0 Å². The summed E-state index contributed by atoms with van der Waals surface area (Å²) < 4.78 is 7.23. The second-order valence-corrected chi connectivity index (χ2v) is 5.28. The second kappa shape index (κ2) is 7.02. The topological polar surface area (TPSA) is 72.0 Å². The van der Waals surface area contributed by atoms with Gasteiger partial charge in [0.2, 0.25) is 5.89 Å². The molecule has 0 aromatic carbocycles. The maximum Gasteiger partial charge on any atom is 0.228 e. The molecule has 21 heavy (non-hydrogen) atoms. The molecule has 2 aromatic rings. The molecule has 3 heterocycles. The molecular formula is C13H21ClN6O.